The molecule has 52 valence electrons. The molecule has 2 aliphatic rings. The summed E-state index contributed by atoms with van der Waals surface area (Å²) in [6, 6.07) is 0. The van der Waals surface area contributed by atoms with E-state index in [1.54, 1.807) is 0 Å². The van der Waals surface area contributed by atoms with Crippen molar-refractivity contribution >= 4 is 0 Å². The Morgan fingerprint density at radius 2 is 2.11 bits per heavy atom. The Bertz CT molecular complexity index is 107. The molecule has 1 heterocycles. The molecule has 0 spiro atoms. The lowest BCUT2D eigenvalue weighted by Gasteiger charge is -2.10. The predicted molar refractivity (Wildman–Crippen MR) is 36.2 cm³/mol. The van der Waals surface area contributed by atoms with Gasteiger partial charge >= 0.3 is 0 Å². The maximum atomic E-state index is 5.26. The maximum absolute atomic E-state index is 5.26. The van der Waals surface area contributed by atoms with Crippen molar-refractivity contribution in [3.63, 3.8) is 0 Å². The van der Waals surface area contributed by atoms with Crippen LogP contribution in [0, 0.1) is 11.8 Å². The van der Waals surface area contributed by atoms with Crippen LogP contribution in [0.2, 0.25) is 0 Å². The van der Waals surface area contributed by atoms with Gasteiger partial charge in [-0.05, 0) is 18.3 Å². The lowest BCUT2D eigenvalue weighted by molar-refractivity contribution is 0.289. The summed E-state index contributed by atoms with van der Waals surface area (Å²) in [5.41, 5.74) is 0. The quantitative estimate of drug-likeness (QED) is 0.488. The Balaban J connectivity index is 1.93. The summed E-state index contributed by atoms with van der Waals surface area (Å²) in [5.74, 6) is 1.86. The van der Waals surface area contributed by atoms with Crippen molar-refractivity contribution in [3.05, 3.63) is 0 Å². The predicted octanol–water partition coefficient (Wildman–Crippen LogP) is 1.82. The van der Waals surface area contributed by atoms with Gasteiger partial charge in [-0.15, -0.1) is 0 Å². The van der Waals surface area contributed by atoms with Crippen LogP contribution in [0.4, 0.5) is 0 Å². The summed E-state index contributed by atoms with van der Waals surface area (Å²) < 4.78 is 5.26. The molecule has 1 saturated heterocycles. The first-order valence-corrected chi connectivity index (χ1v) is 3.99. The topological polar surface area (TPSA) is 12.5 Å². The molecule has 1 aliphatic heterocycles. The first-order chi connectivity index (χ1) is 4.38. The molecular formula is C8H14O. The summed E-state index contributed by atoms with van der Waals surface area (Å²) in [7, 11) is 0. The third kappa shape index (κ3) is 0.983. The summed E-state index contributed by atoms with van der Waals surface area (Å²) in [6.07, 6.45) is 4.96. The summed E-state index contributed by atoms with van der Waals surface area (Å²) >= 11 is 0. The van der Waals surface area contributed by atoms with E-state index in [2.05, 4.69) is 6.92 Å². The molecule has 0 amide bonds. The lowest BCUT2D eigenvalue weighted by Crippen LogP contribution is -2.10. The number of rotatable bonds is 1. The number of ether oxygens (including phenoxy) is 1. The zero-order valence-corrected chi connectivity index (χ0v) is 5.97. The second kappa shape index (κ2) is 1.98. The minimum atomic E-state index is 0.669. The molecule has 0 N–H and O–H groups in total. The Hall–Kier alpha value is -0.0400. The van der Waals surface area contributed by atoms with Gasteiger partial charge in [0.2, 0.25) is 0 Å². The molecule has 1 nitrogen and oxygen atoms in total. The molecule has 0 aromatic carbocycles. The Kier molecular flexibility index (Phi) is 1.26. The molecule has 2 fully saturated rings. The molecule has 9 heavy (non-hydrogen) atoms. The third-order valence-electron chi connectivity index (χ3n) is 2.76. The third-order valence-corrected chi connectivity index (χ3v) is 2.76. The highest BCUT2D eigenvalue weighted by molar-refractivity contribution is 4.86. The van der Waals surface area contributed by atoms with E-state index in [9.17, 15) is 0 Å². The van der Waals surface area contributed by atoms with Crippen LogP contribution in [0.3, 0.4) is 0 Å². The van der Waals surface area contributed by atoms with E-state index in [0.717, 1.165) is 18.4 Å². The molecule has 3 unspecified atom stereocenters. The van der Waals surface area contributed by atoms with Gasteiger partial charge in [-0.25, -0.2) is 0 Å². The fourth-order valence-corrected chi connectivity index (χ4v) is 2.03. The molecule has 0 aromatic heterocycles. The van der Waals surface area contributed by atoms with Crippen LogP contribution in [0.5, 0.6) is 0 Å². The second-order valence-corrected chi connectivity index (χ2v) is 3.44. The summed E-state index contributed by atoms with van der Waals surface area (Å²) in [6.45, 7) is 3.41. The highest BCUT2D eigenvalue weighted by Crippen LogP contribution is 2.38. The van der Waals surface area contributed by atoms with Crippen molar-refractivity contribution in [2.45, 2.75) is 32.3 Å². The number of hydrogen-bond acceptors (Lipinski definition) is 1. The van der Waals surface area contributed by atoms with Crippen LogP contribution >= 0.6 is 0 Å². The molecule has 0 bridgehead atoms. The van der Waals surface area contributed by atoms with Crippen LogP contribution in [0.25, 0.3) is 0 Å². The van der Waals surface area contributed by atoms with Gasteiger partial charge in [0, 0.05) is 0 Å². The van der Waals surface area contributed by atoms with Crippen LogP contribution in [0.15, 0.2) is 0 Å². The summed E-state index contributed by atoms with van der Waals surface area (Å²) in [5, 5.41) is 0. The van der Waals surface area contributed by atoms with Gasteiger partial charge in [-0.1, -0.05) is 19.8 Å². The van der Waals surface area contributed by atoms with Gasteiger partial charge in [0.1, 0.15) is 0 Å². The Morgan fingerprint density at radius 1 is 1.33 bits per heavy atom. The van der Waals surface area contributed by atoms with Gasteiger partial charge in [0.05, 0.1) is 12.7 Å². The highest BCUT2D eigenvalue weighted by Gasteiger charge is 2.38. The fraction of sp³-hybridized carbons (Fsp3) is 1.00. The normalized spacial score (nSPS) is 49.7. The van der Waals surface area contributed by atoms with Crippen LogP contribution in [0.1, 0.15) is 26.2 Å². The van der Waals surface area contributed by atoms with Crippen molar-refractivity contribution in [2.24, 2.45) is 11.8 Å². The Morgan fingerprint density at radius 3 is 2.56 bits per heavy atom. The minimum Gasteiger partial charge on any atom is -0.373 e. The standard InChI is InChI=1S/C8H14O/c1-6-3-2-4-7(6)8-5-9-8/h6-8H,2-5H2,1H3. The molecule has 1 saturated carbocycles. The zero-order valence-electron chi connectivity index (χ0n) is 5.97. The van der Waals surface area contributed by atoms with Crippen molar-refractivity contribution < 1.29 is 4.74 Å². The molecule has 1 heteroatoms. The molecule has 0 radical (unpaired) electrons. The molecule has 0 aromatic rings. The summed E-state index contributed by atoms with van der Waals surface area (Å²) in [4.78, 5) is 0. The van der Waals surface area contributed by atoms with E-state index in [0.29, 0.717) is 6.10 Å². The number of epoxide rings is 1. The van der Waals surface area contributed by atoms with E-state index >= 15 is 0 Å². The first-order valence-electron chi connectivity index (χ1n) is 3.99. The van der Waals surface area contributed by atoms with Gasteiger partial charge in [0.25, 0.3) is 0 Å². The molecule has 1 aliphatic carbocycles. The minimum absolute atomic E-state index is 0.669. The second-order valence-electron chi connectivity index (χ2n) is 3.44. The molecule has 3 atom stereocenters. The molecule has 2 rings (SSSR count). The average molecular weight is 126 g/mol. The average Bonchev–Trinajstić information content (AvgIpc) is 2.58. The number of hydrogen-bond donors (Lipinski definition) is 0. The highest BCUT2D eigenvalue weighted by atomic mass is 16.6. The van der Waals surface area contributed by atoms with Crippen molar-refractivity contribution in [3.8, 4) is 0 Å². The van der Waals surface area contributed by atoms with Crippen LogP contribution in [-0.4, -0.2) is 12.7 Å². The molecular weight excluding hydrogens is 112 g/mol. The van der Waals surface area contributed by atoms with Crippen molar-refractivity contribution in [2.75, 3.05) is 6.61 Å². The first kappa shape index (κ1) is 5.72. The SMILES string of the molecule is CC1CCCC1C1CO1. The fourth-order valence-electron chi connectivity index (χ4n) is 2.03. The van der Waals surface area contributed by atoms with Crippen LogP contribution in [-0.2, 0) is 4.74 Å². The van der Waals surface area contributed by atoms with Crippen molar-refractivity contribution in [1.82, 2.24) is 0 Å². The van der Waals surface area contributed by atoms with Gasteiger partial charge in [0.15, 0.2) is 0 Å². The monoisotopic (exact) mass is 126 g/mol. The van der Waals surface area contributed by atoms with E-state index in [1.807, 2.05) is 0 Å². The smallest absolute Gasteiger partial charge is 0.0840 e. The van der Waals surface area contributed by atoms with Crippen LogP contribution < -0.4 is 0 Å². The van der Waals surface area contributed by atoms with Crippen molar-refractivity contribution in [1.29, 1.82) is 0 Å². The zero-order chi connectivity index (χ0) is 6.27. The van der Waals surface area contributed by atoms with E-state index < -0.39 is 0 Å². The Labute approximate surface area is 56.4 Å². The van der Waals surface area contributed by atoms with E-state index in [1.165, 1.54) is 19.3 Å². The van der Waals surface area contributed by atoms with E-state index in [4.69, 9.17) is 4.74 Å². The van der Waals surface area contributed by atoms with Gasteiger partial charge in [-0.3, -0.25) is 0 Å². The van der Waals surface area contributed by atoms with Gasteiger partial charge in [-0.2, -0.15) is 0 Å². The maximum Gasteiger partial charge on any atom is 0.0840 e. The lowest BCUT2D eigenvalue weighted by atomic mass is 9.95. The van der Waals surface area contributed by atoms with Gasteiger partial charge < -0.3 is 4.74 Å². The largest absolute Gasteiger partial charge is 0.373 e. The van der Waals surface area contributed by atoms with E-state index in [-0.39, 0.29) is 0 Å².